The van der Waals surface area contributed by atoms with Gasteiger partial charge in [-0.1, -0.05) is 29.3 Å². The predicted octanol–water partition coefficient (Wildman–Crippen LogP) is 3.19. The largest absolute Gasteiger partial charge is 0.452 e. The van der Waals surface area contributed by atoms with Crippen LogP contribution in [0, 0.1) is 0 Å². The normalized spacial score (nSPS) is 21.1. The average Bonchev–Trinajstić information content (AvgIpc) is 2.52. The van der Waals surface area contributed by atoms with Gasteiger partial charge in [-0.05, 0) is 37.6 Å². The van der Waals surface area contributed by atoms with E-state index in [2.05, 4.69) is 0 Å². The molecule has 1 aliphatic rings. The van der Waals surface area contributed by atoms with Crippen LogP contribution < -0.4 is 0 Å². The first-order chi connectivity index (χ1) is 11.3. The third kappa shape index (κ3) is 5.51. The molecule has 0 unspecified atom stereocenters. The van der Waals surface area contributed by atoms with E-state index < -0.39 is 5.97 Å². The lowest BCUT2D eigenvalue weighted by molar-refractivity contribution is -0.154. The van der Waals surface area contributed by atoms with Gasteiger partial charge in [0.25, 0.3) is 5.91 Å². The standard InChI is InChI=1S/C17H19Cl2NO4/c1-11-8-20(9-12(2)24-11)16(21)10-23-17(22)6-4-13-3-5-14(18)15(19)7-13/h3-7,11-12H,8-10H2,1-2H3/b6-4+/t11-,12-/m0/s1. The summed E-state index contributed by atoms with van der Waals surface area (Å²) in [5.74, 6) is -0.822. The summed E-state index contributed by atoms with van der Waals surface area (Å²) in [6.45, 7) is 4.52. The van der Waals surface area contributed by atoms with Crippen LogP contribution in [0.3, 0.4) is 0 Å². The van der Waals surface area contributed by atoms with Crippen LogP contribution in [0.4, 0.5) is 0 Å². The quantitative estimate of drug-likeness (QED) is 0.602. The van der Waals surface area contributed by atoms with E-state index in [-0.39, 0.29) is 24.7 Å². The molecule has 0 aromatic heterocycles. The third-order valence-electron chi connectivity index (χ3n) is 3.47. The van der Waals surface area contributed by atoms with Gasteiger partial charge in [-0.3, -0.25) is 4.79 Å². The number of ether oxygens (including phenoxy) is 2. The summed E-state index contributed by atoms with van der Waals surface area (Å²) >= 11 is 11.7. The monoisotopic (exact) mass is 371 g/mol. The van der Waals surface area contributed by atoms with Gasteiger partial charge >= 0.3 is 5.97 Å². The Balaban J connectivity index is 1.83. The molecule has 2 atom stereocenters. The zero-order valence-electron chi connectivity index (χ0n) is 13.5. The van der Waals surface area contributed by atoms with Gasteiger partial charge in [0.2, 0.25) is 0 Å². The Morgan fingerprint density at radius 2 is 1.92 bits per heavy atom. The van der Waals surface area contributed by atoms with Gasteiger partial charge in [0.05, 0.1) is 22.3 Å². The van der Waals surface area contributed by atoms with Gasteiger partial charge in [0.1, 0.15) is 0 Å². The van der Waals surface area contributed by atoms with E-state index in [9.17, 15) is 9.59 Å². The van der Waals surface area contributed by atoms with Gasteiger partial charge in [0, 0.05) is 19.2 Å². The molecule has 1 saturated heterocycles. The Morgan fingerprint density at radius 1 is 1.25 bits per heavy atom. The molecule has 0 bridgehead atoms. The lowest BCUT2D eigenvalue weighted by atomic mass is 10.2. The van der Waals surface area contributed by atoms with Gasteiger partial charge in [-0.2, -0.15) is 0 Å². The minimum atomic E-state index is -0.594. The van der Waals surface area contributed by atoms with Crippen LogP contribution in [-0.2, 0) is 19.1 Å². The zero-order chi connectivity index (χ0) is 17.7. The third-order valence-corrected chi connectivity index (χ3v) is 4.20. The van der Waals surface area contributed by atoms with Gasteiger partial charge in [-0.25, -0.2) is 4.79 Å². The van der Waals surface area contributed by atoms with Crippen molar-refractivity contribution < 1.29 is 19.1 Å². The van der Waals surface area contributed by atoms with Crippen molar-refractivity contribution in [2.45, 2.75) is 26.1 Å². The summed E-state index contributed by atoms with van der Waals surface area (Å²) in [5.41, 5.74) is 0.712. The lowest BCUT2D eigenvalue weighted by Gasteiger charge is -2.35. The molecule has 0 spiro atoms. The second-order valence-electron chi connectivity index (χ2n) is 5.67. The van der Waals surface area contributed by atoms with Crippen molar-refractivity contribution >= 4 is 41.2 Å². The molecule has 130 valence electrons. The molecule has 5 nitrogen and oxygen atoms in total. The van der Waals surface area contributed by atoms with Crippen LogP contribution in [0.1, 0.15) is 19.4 Å². The topological polar surface area (TPSA) is 55.8 Å². The molecular formula is C17H19Cl2NO4. The van der Waals surface area contributed by atoms with Crippen molar-refractivity contribution in [3.05, 3.63) is 39.9 Å². The van der Waals surface area contributed by atoms with Crippen molar-refractivity contribution in [2.75, 3.05) is 19.7 Å². The van der Waals surface area contributed by atoms with Crippen LogP contribution in [0.15, 0.2) is 24.3 Å². The zero-order valence-corrected chi connectivity index (χ0v) is 15.0. The summed E-state index contributed by atoms with van der Waals surface area (Å²) in [6, 6.07) is 4.99. The Morgan fingerprint density at radius 3 is 2.54 bits per heavy atom. The van der Waals surface area contributed by atoms with E-state index in [1.54, 1.807) is 29.2 Å². The molecule has 24 heavy (non-hydrogen) atoms. The fourth-order valence-electron chi connectivity index (χ4n) is 2.43. The molecule has 0 N–H and O–H groups in total. The van der Waals surface area contributed by atoms with Gasteiger partial charge < -0.3 is 14.4 Å². The molecule has 1 amide bonds. The van der Waals surface area contributed by atoms with Crippen molar-refractivity contribution in [2.24, 2.45) is 0 Å². The fourth-order valence-corrected chi connectivity index (χ4v) is 2.74. The van der Waals surface area contributed by atoms with E-state index in [0.29, 0.717) is 28.7 Å². The maximum Gasteiger partial charge on any atom is 0.331 e. The first-order valence-corrected chi connectivity index (χ1v) is 8.34. The molecular weight excluding hydrogens is 353 g/mol. The van der Waals surface area contributed by atoms with E-state index in [0.717, 1.165) is 0 Å². The van der Waals surface area contributed by atoms with Gasteiger partial charge in [0.15, 0.2) is 6.61 Å². The van der Waals surface area contributed by atoms with Crippen molar-refractivity contribution in [3.8, 4) is 0 Å². The number of esters is 1. The molecule has 0 radical (unpaired) electrons. The van der Waals surface area contributed by atoms with Gasteiger partial charge in [-0.15, -0.1) is 0 Å². The number of amides is 1. The summed E-state index contributed by atoms with van der Waals surface area (Å²) in [4.78, 5) is 25.5. The van der Waals surface area contributed by atoms with Crippen molar-refractivity contribution in [3.63, 3.8) is 0 Å². The molecule has 1 heterocycles. The van der Waals surface area contributed by atoms with Crippen LogP contribution in [0.25, 0.3) is 6.08 Å². The number of hydrogen-bond donors (Lipinski definition) is 0. The lowest BCUT2D eigenvalue weighted by Crippen LogP contribution is -2.49. The first-order valence-electron chi connectivity index (χ1n) is 7.58. The summed E-state index contributed by atoms with van der Waals surface area (Å²) < 4.78 is 10.6. The summed E-state index contributed by atoms with van der Waals surface area (Å²) in [6.07, 6.45) is 2.75. The number of morpholine rings is 1. The minimum absolute atomic E-state index is 0.0250. The molecule has 0 aliphatic carbocycles. The van der Waals surface area contributed by atoms with E-state index in [1.807, 2.05) is 13.8 Å². The average molecular weight is 372 g/mol. The van der Waals surface area contributed by atoms with E-state index in [4.69, 9.17) is 32.7 Å². The Labute approximate surface area is 151 Å². The highest BCUT2D eigenvalue weighted by molar-refractivity contribution is 6.42. The minimum Gasteiger partial charge on any atom is -0.452 e. The Hall–Kier alpha value is -1.56. The molecule has 1 aromatic rings. The molecule has 0 saturated carbocycles. The number of hydrogen-bond acceptors (Lipinski definition) is 4. The molecule has 1 aliphatic heterocycles. The van der Waals surface area contributed by atoms with Crippen LogP contribution in [-0.4, -0.2) is 48.7 Å². The van der Waals surface area contributed by atoms with Crippen molar-refractivity contribution in [1.29, 1.82) is 0 Å². The molecule has 2 rings (SSSR count). The highest BCUT2D eigenvalue weighted by atomic mass is 35.5. The number of benzene rings is 1. The number of rotatable bonds is 4. The Bertz CT molecular complexity index is 637. The molecule has 1 aromatic carbocycles. The molecule has 7 heteroatoms. The highest BCUT2D eigenvalue weighted by Crippen LogP contribution is 2.23. The maximum atomic E-state index is 12.1. The summed E-state index contributed by atoms with van der Waals surface area (Å²) in [5, 5.41) is 0.842. The predicted molar refractivity (Wildman–Crippen MR) is 93.0 cm³/mol. The number of carbonyl (C=O) groups excluding carboxylic acids is 2. The second-order valence-corrected chi connectivity index (χ2v) is 6.49. The van der Waals surface area contributed by atoms with E-state index in [1.165, 1.54) is 6.08 Å². The summed E-state index contributed by atoms with van der Waals surface area (Å²) in [7, 11) is 0. The van der Waals surface area contributed by atoms with Crippen LogP contribution >= 0.6 is 23.2 Å². The number of nitrogens with zero attached hydrogens (tertiary/aromatic N) is 1. The second kappa shape index (κ2) is 8.51. The first kappa shape index (κ1) is 18.8. The van der Waals surface area contributed by atoms with E-state index >= 15 is 0 Å². The Kier molecular flexibility index (Phi) is 6.66. The number of carbonyl (C=O) groups is 2. The highest BCUT2D eigenvalue weighted by Gasteiger charge is 2.26. The maximum absolute atomic E-state index is 12.1. The SMILES string of the molecule is C[C@H]1CN(C(=O)COC(=O)/C=C/c2ccc(Cl)c(Cl)c2)C[C@H](C)O1. The van der Waals surface area contributed by atoms with Crippen LogP contribution in [0.2, 0.25) is 10.0 Å². The fraction of sp³-hybridized carbons (Fsp3) is 0.412. The van der Waals surface area contributed by atoms with Crippen molar-refractivity contribution in [1.82, 2.24) is 4.90 Å². The molecule has 1 fully saturated rings. The smallest absolute Gasteiger partial charge is 0.331 e. The van der Waals surface area contributed by atoms with Crippen LogP contribution in [0.5, 0.6) is 0 Å². The number of halogens is 2.